The molecule has 0 aliphatic rings. The fourth-order valence-electron chi connectivity index (χ4n) is 2.63. The highest BCUT2D eigenvalue weighted by molar-refractivity contribution is 5.50. The van der Waals surface area contributed by atoms with Crippen molar-refractivity contribution < 1.29 is 0 Å². The summed E-state index contributed by atoms with van der Waals surface area (Å²) in [5.74, 6) is 1.24. The molecular formula is C18H18N8. The topological polar surface area (TPSA) is 86.3 Å². The Hall–Kier alpha value is -3.55. The molecule has 0 amide bonds. The number of aryl methyl sites for hydroxylation is 1. The minimum atomic E-state index is 0.543. The zero-order valence-electron chi connectivity index (χ0n) is 14.3. The van der Waals surface area contributed by atoms with Gasteiger partial charge in [-0.25, -0.2) is 19.6 Å². The lowest BCUT2D eigenvalue weighted by molar-refractivity contribution is 0.686. The van der Waals surface area contributed by atoms with Crippen LogP contribution in [-0.4, -0.2) is 34.5 Å². The van der Waals surface area contributed by atoms with Crippen LogP contribution in [0.1, 0.15) is 11.1 Å². The van der Waals surface area contributed by atoms with Crippen LogP contribution in [0.15, 0.2) is 61.3 Å². The summed E-state index contributed by atoms with van der Waals surface area (Å²) < 4.78 is 3.60. The molecule has 8 nitrogen and oxygen atoms in total. The van der Waals surface area contributed by atoms with Gasteiger partial charge in [0.05, 0.1) is 12.7 Å². The first-order chi connectivity index (χ1) is 12.8. The van der Waals surface area contributed by atoms with Gasteiger partial charge in [0.25, 0.3) is 0 Å². The molecule has 0 aliphatic carbocycles. The predicted molar refractivity (Wildman–Crippen MR) is 97.1 cm³/mol. The average Bonchev–Trinajstić information content (AvgIpc) is 3.30. The number of hydrogen-bond donors (Lipinski definition) is 1. The molecule has 8 heteroatoms. The monoisotopic (exact) mass is 346 g/mol. The fourth-order valence-corrected chi connectivity index (χ4v) is 2.63. The van der Waals surface area contributed by atoms with Gasteiger partial charge in [0.15, 0.2) is 5.82 Å². The quantitative estimate of drug-likeness (QED) is 0.575. The van der Waals surface area contributed by atoms with Crippen LogP contribution in [0.4, 0.5) is 5.95 Å². The summed E-state index contributed by atoms with van der Waals surface area (Å²) in [5, 5.41) is 11.7. The third-order valence-electron chi connectivity index (χ3n) is 3.92. The normalized spacial score (nSPS) is 10.8. The largest absolute Gasteiger partial charge is 0.350 e. The van der Waals surface area contributed by atoms with Gasteiger partial charge in [0, 0.05) is 31.5 Å². The van der Waals surface area contributed by atoms with Gasteiger partial charge in [-0.05, 0) is 11.6 Å². The van der Waals surface area contributed by atoms with Gasteiger partial charge in [-0.1, -0.05) is 30.3 Å². The summed E-state index contributed by atoms with van der Waals surface area (Å²) in [6.45, 7) is 1.34. The number of rotatable bonds is 6. The van der Waals surface area contributed by atoms with E-state index in [0.717, 1.165) is 17.8 Å². The van der Waals surface area contributed by atoms with Crippen molar-refractivity contribution in [3.8, 4) is 11.5 Å². The molecular weight excluding hydrogens is 328 g/mol. The number of anilines is 1. The summed E-state index contributed by atoms with van der Waals surface area (Å²) in [6, 6.07) is 12.1. The van der Waals surface area contributed by atoms with E-state index in [-0.39, 0.29) is 0 Å². The molecule has 0 atom stereocenters. The highest BCUT2D eigenvalue weighted by Gasteiger charge is 2.08. The Morgan fingerprint density at radius 1 is 1.00 bits per heavy atom. The van der Waals surface area contributed by atoms with Crippen molar-refractivity contribution in [2.45, 2.75) is 13.1 Å². The van der Waals surface area contributed by atoms with E-state index in [1.54, 1.807) is 10.9 Å². The summed E-state index contributed by atoms with van der Waals surface area (Å²) in [7, 11) is 1.83. The van der Waals surface area contributed by atoms with Crippen LogP contribution in [0, 0.1) is 0 Å². The van der Waals surface area contributed by atoms with Crippen molar-refractivity contribution >= 4 is 5.95 Å². The van der Waals surface area contributed by atoms with Crippen LogP contribution in [-0.2, 0) is 20.1 Å². The van der Waals surface area contributed by atoms with Gasteiger partial charge in [0.2, 0.25) is 5.95 Å². The van der Waals surface area contributed by atoms with Crippen LogP contribution in [0.25, 0.3) is 11.5 Å². The number of benzene rings is 1. The predicted octanol–water partition coefficient (Wildman–Crippen LogP) is 2.13. The smallest absolute Gasteiger partial charge is 0.223 e. The lowest BCUT2D eigenvalue weighted by Crippen LogP contribution is -2.05. The second-order valence-corrected chi connectivity index (χ2v) is 5.86. The van der Waals surface area contributed by atoms with Crippen molar-refractivity contribution in [1.82, 2.24) is 34.5 Å². The number of hydrogen-bond acceptors (Lipinski definition) is 6. The van der Waals surface area contributed by atoms with E-state index < -0.39 is 0 Å². The Morgan fingerprint density at radius 3 is 2.69 bits per heavy atom. The van der Waals surface area contributed by atoms with Gasteiger partial charge < -0.3 is 5.32 Å². The van der Waals surface area contributed by atoms with Crippen molar-refractivity contribution in [2.24, 2.45) is 7.05 Å². The molecule has 4 aromatic rings. The SMILES string of the molecule is Cn1ncnc1-c1ccnc(NCc2cnn(Cc3ccccc3)c2)n1. The van der Waals surface area contributed by atoms with Gasteiger partial charge >= 0.3 is 0 Å². The van der Waals surface area contributed by atoms with E-state index in [0.29, 0.717) is 18.3 Å². The van der Waals surface area contributed by atoms with Crippen molar-refractivity contribution in [3.05, 3.63) is 72.4 Å². The van der Waals surface area contributed by atoms with Crippen LogP contribution in [0.5, 0.6) is 0 Å². The summed E-state index contributed by atoms with van der Waals surface area (Å²) in [5.41, 5.74) is 3.01. The van der Waals surface area contributed by atoms with E-state index in [1.807, 2.05) is 48.4 Å². The third kappa shape index (κ3) is 3.59. The minimum Gasteiger partial charge on any atom is -0.350 e. The lowest BCUT2D eigenvalue weighted by Gasteiger charge is -2.05. The first-order valence-corrected chi connectivity index (χ1v) is 8.24. The molecule has 0 radical (unpaired) electrons. The highest BCUT2D eigenvalue weighted by Crippen LogP contribution is 2.14. The van der Waals surface area contributed by atoms with Crippen molar-refractivity contribution in [3.63, 3.8) is 0 Å². The van der Waals surface area contributed by atoms with E-state index >= 15 is 0 Å². The Morgan fingerprint density at radius 2 is 1.88 bits per heavy atom. The van der Waals surface area contributed by atoms with Crippen molar-refractivity contribution in [1.29, 1.82) is 0 Å². The average molecular weight is 346 g/mol. The summed E-state index contributed by atoms with van der Waals surface area (Å²) >= 11 is 0. The molecule has 4 rings (SSSR count). The molecule has 0 aliphatic heterocycles. The van der Waals surface area contributed by atoms with Gasteiger partial charge in [-0.2, -0.15) is 10.2 Å². The minimum absolute atomic E-state index is 0.543. The maximum atomic E-state index is 4.49. The molecule has 130 valence electrons. The Kier molecular flexibility index (Phi) is 4.38. The molecule has 3 aromatic heterocycles. The first kappa shape index (κ1) is 15.9. The highest BCUT2D eigenvalue weighted by atomic mass is 15.3. The molecule has 1 N–H and O–H groups in total. The molecule has 0 bridgehead atoms. The second kappa shape index (κ2) is 7.14. The van der Waals surface area contributed by atoms with Crippen LogP contribution < -0.4 is 5.32 Å². The molecule has 0 spiro atoms. The maximum Gasteiger partial charge on any atom is 0.223 e. The van der Waals surface area contributed by atoms with Crippen LogP contribution >= 0.6 is 0 Å². The molecule has 0 fully saturated rings. The van der Waals surface area contributed by atoms with E-state index in [9.17, 15) is 0 Å². The summed E-state index contributed by atoms with van der Waals surface area (Å²) in [6.07, 6.45) is 7.08. The molecule has 1 aromatic carbocycles. The molecule has 3 heterocycles. The number of nitrogens with one attached hydrogen (secondary N) is 1. The molecule has 0 saturated heterocycles. The van der Waals surface area contributed by atoms with E-state index in [2.05, 4.69) is 42.6 Å². The first-order valence-electron chi connectivity index (χ1n) is 8.24. The van der Waals surface area contributed by atoms with Crippen LogP contribution in [0.2, 0.25) is 0 Å². The Labute approximate surface area is 150 Å². The number of aromatic nitrogens is 7. The lowest BCUT2D eigenvalue weighted by atomic mass is 10.2. The zero-order chi connectivity index (χ0) is 17.8. The molecule has 26 heavy (non-hydrogen) atoms. The van der Waals surface area contributed by atoms with Gasteiger partial charge in [0.1, 0.15) is 12.0 Å². The van der Waals surface area contributed by atoms with Crippen LogP contribution in [0.3, 0.4) is 0 Å². The molecule has 0 saturated carbocycles. The van der Waals surface area contributed by atoms with E-state index in [4.69, 9.17) is 0 Å². The van der Waals surface area contributed by atoms with E-state index in [1.165, 1.54) is 11.9 Å². The standard InChI is InChI=1S/C18H18N8/c1-25-17(21-13-23-25)16-7-8-19-18(24-16)20-9-15-10-22-26(12-15)11-14-5-3-2-4-6-14/h2-8,10,12-13H,9,11H2,1H3,(H,19,20,24). The fraction of sp³-hybridized carbons (Fsp3) is 0.167. The Balaban J connectivity index is 1.41. The van der Waals surface area contributed by atoms with Gasteiger partial charge in [-0.3, -0.25) is 4.68 Å². The second-order valence-electron chi connectivity index (χ2n) is 5.86. The maximum absolute atomic E-state index is 4.49. The van der Waals surface area contributed by atoms with Gasteiger partial charge in [-0.15, -0.1) is 0 Å². The third-order valence-corrected chi connectivity index (χ3v) is 3.92. The molecule has 0 unspecified atom stereocenters. The zero-order valence-corrected chi connectivity index (χ0v) is 14.3. The summed E-state index contributed by atoms with van der Waals surface area (Å²) in [4.78, 5) is 13.0. The Bertz CT molecular complexity index is 989. The van der Waals surface area contributed by atoms with Crippen molar-refractivity contribution in [2.75, 3.05) is 5.32 Å². The number of nitrogens with zero attached hydrogens (tertiary/aromatic N) is 7.